The standard InChI is InChI=1S/C35H47N9O3/c1-34(2,3)27-19-28(39-29(38-27)20-36-31(45)17-18-43(7)8)40-33(46)37-25-14-15-26(24-12-10-9-11-23(24)25)47-22-13-16-30-41-42-32(35(4,5)6)44(30)21-22/h9-13,16,19,21,25-26H,14-15,17-18,20H2,1-8H3,(H,36,45)(H2,37,38,39,40,46)/t25-,26+/m0/s1. The van der Waals surface area contributed by atoms with Gasteiger partial charge >= 0.3 is 6.03 Å². The fraction of sp³-hybridized carbons (Fsp3) is 0.486. The number of pyridine rings is 1. The van der Waals surface area contributed by atoms with Crippen LogP contribution in [0, 0.1) is 0 Å². The highest BCUT2D eigenvalue weighted by Gasteiger charge is 2.30. The van der Waals surface area contributed by atoms with Gasteiger partial charge in [-0.25, -0.2) is 14.8 Å². The van der Waals surface area contributed by atoms with Gasteiger partial charge in [-0.2, -0.15) is 0 Å². The summed E-state index contributed by atoms with van der Waals surface area (Å²) in [6.45, 7) is 13.3. The average Bonchev–Trinajstić information content (AvgIpc) is 3.44. The number of aromatic nitrogens is 5. The van der Waals surface area contributed by atoms with Gasteiger partial charge in [0, 0.05) is 29.9 Å². The molecule has 0 unspecified atom stereocenters. The maximum atomic E-state index is 13.4. The summed E-state index contributed by atoms with van der Waals surface area (Å²) in [5.74, 6) is 2.34. The molecule has 12 heteroatoms. The Morgan fingerprint density at radius 3 is 2.40 bits per heavy atom. The minimum atomic E-state index is -0.364. The third-order valence-electron chi connectivity index (χ3n) is 8.08. The number of hydrogen-bond donors (Lipinski definition) is 3. The minimum absolute atomic E-state index is 0.0806. The van der Waals surface area contributed by atoms with Crippen LogP contribution in [0.15, 0.2) is 48.7 Å². The topological polar surface area (TPSA) is 139 Å². The van der Waals surface area contributed by atoms with Gasteiger partial charge in [-0.1, -0.05) is 65.8 Å². The van der Waals surface area contributed by atoms with Gasteiger partial charge in [0.25, 0.3) is 0 Å². The summed E-state index contributed by atoms with van der Waals surface area (Å²) >= 11 is 0. The molecule has 3 amide bonds. The van der Waals surface area contributed by atoms with Crippen molar-refractivity contribution in [3.8, 4) is 5.75 Å². The first-order valence-electron chi connectivity index (χ1n) is 16.2. The number of hydrogen-bond acceptors (Lipinski definition) is 8. The molecule has 2 atom stereocenters. The third kappa shape index (κ3) is 8.42. The maximum Gasteiger partial charge on any atom is 0.320 e. The number of rotatable bonds is 9. The molecule has 0 bridgehead atoms. The Morgan fingerprint density at radius 2 is 1.70 bits per heavy atom. The van der Waals surface area contributed by atoms with E-state index >= 15 is 0 Å². The number of benzene rings is 1. The SMILES string of the molecule is CN(C)CCC(=O)NCc1nc(NC(=O)N[C@H]2CC[C@@H](Oc3ccc4nnc(C(C)(C)C)n4c3)c3ccccc32)cc(C(C)(C)C)n1. The summed E-state index contributed by atoms with van der Waals surface area (Å²) in [5, 5.41) is 17.7. The van der Waals surface area contributed by atoms with Crippen molar-refractivity contribution in [2.75, 3.05) is 26.0 Å². The summed E-state index contributed by atoms with van der Waals surface area (Å²) in [7, 11) is 3.85. The normalized spacial score (nSPS) is 16.5. The van der Waals surface area contributed by atoms with Crippen LogP contribution in [0.3, 0.4) is 0 Å². The van der Waals surface area contributed by atoms with E-state index in [0.717, 1.165) is 34.0 Å². The number of nitrogens with one attached hydrogen (secondary N) is 3. The lowest BCUT2D eigenvalue weighted by Crippen LogP contribution is -2.36. The second-order valence-corrected chi connectivity index (χ2v) is 14.5. The largest absolute Gasteiger partial charge is 0.484 e. The molecule has 3 N–H and O–H groups in total. The van der Waals surface area contributed by atoms with Gasteiger partial charge in [-0.05, 0) is 50.2 Å². The van der Waals surface area contributed by atoms with Gasteiger partial charge in [0.15, 0.2) is 5.65 Å². The van der Waals surface area contributed by atoms with Gasteiger partial charge in [0.1, 0.15) is 29.3 Å². The number of nitrogens with zero attached hydrogens (tertiary/aromatic N) is 6. The van der Waals surface area contributed by atoms with E-state index in [2.05, 4.69) is 63.0 Å². The van der Waals surface area contributed by atoms with Crippen molar-refractivity contribution in [3.63, 3.8) is 0 Å². The fourth-order valence-electron chi connectivity index (χ4n) is 5.57. The van der Waals surface area contributed by atoms with Gasteiger partial charge in [-0.15, -0.1) is 10.2 Å². The minimum Gasteiger partial charge on any atom is -0.484 e. The van der Waals surface area contributed by atoms with Crippen molar-refractivity contribution in [2.24, 2.45) is 0 Å². The molecule has 0 spiro atoms. The van der Waals surface area contributed by atoms with Crippen LogP contribution >= 0.6 is 0 Å². The number of carbonyl (C=O) groups excluding carboxylic acids is 2. The Bertz CT molecular complexity index is 1740. The van der Waals surface area contributed by atoms with Crippen molar-refractivity contribution < 1.29 is 14.3 Å². The third-order valence-corrected chi connectivity index (χ3v) is 8.08. The lowest BCUT2D eigenvalue weighted by molar-refractivity contribution is -0.121. The monoisotopic (exact) mass is 641 g/mol. The number of urea groups is 1. The summed E-state index contributed by atoms with van der Waals surface area (Å²) in [6, 6.07) is 13.1. The Kier molecular flexibility index (Phi) is 9.81. The first-order chi connectivity index (χ1) is 22.2. The van der Waals surface area contributed by atoms with Crippen LogP contribution in [-0.4, -0.2) is 62.0 Å². The summed E-state index contributed by atoms with van der Waals surface area (Å²) in [4.78, 5) is 36.8. The number of amides is 3. The predicted octanol–water partition coefficient (Wildman–Crippen LogP) is 5.46. The molecule has 5 rings (SSSR count). The van der Waals surface area contributed by atoms with E-state index in [1.807, 2.05) is 80.7 Å². The van der Waals surface area contributed by atoms with Crippen molar-refractivity contribution in [1.29, 1.82) is 0 Å². The van der Waals surface area contributed by atoms with E-state index in [1.165, 1.54) is 0 Å². The number of anilines is 1. The number of fused-ring (bicyclic) bond motifs is 2. The van der Waals surface area contributed by atoms with Gasteiger partial charge in [-0.3, -0.25) is 14.5 Å². The highest BCUT2D eigenvalue weighted by molar-refractivity contribution is 5.88. The molecule has 0 fully saturated rings. The van der Waals surface area contributed by atoms with Crippen LogP contribution < -0.4 is 20.7 Å². The second kappa shape index (κ2) is 13.6. The Hall–Kier alpha value is -4.58. The van der Waals surface area contributed by atoms with E-state index in [0.29, 0.717) is 37.4 Å². The number of carbonyl (C=O) groups is 2. The van der Waals surface area contributed by atoms with Crippen LogP contribution in [0.25, 0.3) is 5.65 Å². The molecule has 0 aliphatic heterocycles. The molecule has 3 heterocycles. The van der Waals surface area contributed by atoms with Crippen LogP contribution in [0.4, 0.5) is 10.6 Å². The van der Waals surface area contributed by atoms with Crippen LogP contribution in [0.5, 0.6) is 5.75 Å². The van der Waals surface area contributed by atoms with Gasteiger partial charge < -0.3 is 20.3 Å². The maximum absolute atomic E-state index is 13.4. The first kappa shape index (κ1) is 33.8. The molecule has 0 radical (unpaired) electrons. The zero-order chi connectivity index (χ0) is 33.9. The Morgan fingerprint density at radius 1 is 0.957 bits per heavy atom. The predicted molar refractivity (Wildman–Crippen MR) is 181 cm³/mol. The van der Waals surface area contributed by atoms with Crippen LogP contribution in [0.1, 0.15) is 101 Å². The Labute approximate surface area is 276 Å². The Balaban J connectivity index is 1.28. The highest BCUT2D eigenvalue weighted by Crippen LogP contribution is 2.39. The molecule has 0 saturated carbocycles. The second-order valence-electron chi connectivity index (χ2n) is 14.5. The molecule has 0 saturated heterocycles. The highest BCUT2D eigenvalue weighted by atomic mass is 16.5. The van der Waals surface area contributed by atoms with Gasteiger partial charge in [0.05, 0.1) is 24.5 Å². The molecular weight excluding hydrogens is 594 g/mol. The molecule has 4 aromatic rings. The lowest BCUT2D eigenvalue weighted by Gasteiger charge is -2.32. The van der Waals surface area contributed by atoms with Crippen molar-refractivity contribution >= 4 is 23.4 Å². The first-order valence-corrected chi connectivity index (χ1v) is 16.2. The molecule has 250 valence electrons. The zero-order valence-corrected chi connectivity index (χ0v) is 28.7. The molecule has 1 aliphatic carbocycles. The zero-order valence-electron chi connectivity index (χ0n) is 28.7. The summed E-state index contributed by atoms with van der Waals surface area (Å²) < 4.78 is 8.53. The van der Waals surface area contributed by atoms with E-state index in [4.69, 9.17) is 4.74 Å². The number of ether oxygens (including phenoxy) is 1. The lowest BCUT2D eigenvalue weighted by atomic mass is 9.85. The van der Waals surface area contributed by atoms with E-state index in [-0.39, 0.29) is 41.5 Å². The fourth-order valence-corrected chi connectivity index (χ4v) is 5.57. The molecule has 3 aromatic heterocycles. The van der Waals surface area contributed by atoms with E-state index in [1.54, 1.807) is 6.07 Å². The van der Waals surface area contributed by atoms with Crippen molar-refractivity contribution in [2.45, 2.75) is 90.3 Å². The quantitative estimate of drug-likeness (QED) is 0.219. The molecule has 1 aromatic carbocycles. The summed E-state index contributed by atoms with van der Waals surface area (Å²) in [5.41, 5.74) is 3.13. The summed E-state index contributed by atoms with van der Waals surface area (Å²) in [6.07, 6.45) is 3.56. The average molecular weight is 642 g/mol. The van der Waals surface area contributed by atoms with Crippen LogP contribution in [-0.2, 0) is 22.2 Å². The molecule has 12 nitrogen and oxygen atoms in total. The van der Waals surface area contributed by atoms with Crippen molar-refractivity contribution in [1.82, 2.24) is 40.1 Å². The smallest absolute Gasteiger partial charge is 0.320 e. The molecular formula is C35H47N9O3. The van der Waals surface area contributed by atoms with Gasteiger partial charge in [0.2, 0.25) is 5.91 Å². The van der Waals surface area contributed by atoms with E-state index in [9.17, 15) is 9.59 Å². The van der Waals surface area contributed by atoms with Crippen molar-refractivity contribution in [3.05, 3.63) is 77.1 Å². The van der Waals surface area contributed by atoms with Crippen LogP contribution in [0.2, 0.25) is 0 Å². The molecule has 1 aliphatic rings. The van der Waals surface area contributed by atoms with E-state index < -0.39 is 0 Å². The molecule has 47 heavy (non-hydrogen) atoms.